The number of carbonyl (C=O) groups is 2. The van der Waals surface area contributed by atoms with Crippen LogP contribution in [0.4, 0.5) is 0 Å². The first-order valence-electron chi connectivity index (χ1n) is 9.63. The number of likely N-dealkylation sites (tertiary alicyclic amines) is 1. The summed E-state index contributed by atoms with van der Waals surface area (Å²) in [6.07, 6.45) is 2.28. The molecule has 1 aromatic heterocycles. The van der Waals surface area contributed by atoms with Gasteiger partial charge >= 0.3 is 5.97 Å². The van der Waals surface area contributed by atoms with Crippen molar-refractivity contribution in [2.24, 2.45) is 5.92 Å². The van der Waals surface area contributed by atoms with Gasteiger partial charge in [-0.2, -0.15) is 0 Å². The number of ether oxygens (including phenoxy) is 1. The van der Waals surface area contributed by atoms with E-state index in [0.717, 1.165) is 12.0 Å². The molecule has 1 aliphatic heterocycles. The number of pyridine rings is 1. The Balaban J connectivity index is 1.54. The average molecular weight is 380 g/mol. The van der Waals surface area contributed by atoms with E-state index in [1.807, 2.05) is 30.3 Å². The zero-order valence-electron chi connectivity index (χ0n) is 16.0. The van der Waals surface area contributed by atoms with Gasteiger partial charge in [0.25, 0.3) is 5.91 Å². The van der Waals surface area contributed by atoms with Crippen molar-refractivity contribution >= 4 is 11.9 Å². The highest BCUT2D eigenvalue weighted by atomic mass is 16.5. The van der Waals surface area contributed by atoms with Crippen LogP contribution in [0.25, 0.3) is 0 Å². The van der Waals surface area contributed by atoms with Crippen LogP contribution >= 0.6 is 0 Å². The highest BCUT2D eigenvalue weighted by Gasteiger charge is 2.56. The van der Waals surface area contributed by atoms with Crippen LogP contribution in [0.15, 0.2) is 42.6 Å². The quantitative estimate of drug-likeness (QED) is 0.807. The molecule has 0 spiro atoms. The molecule has 146 valence electrons. The van der Waals surface area contributed by atoms with Gasteiger partial charge in [0, 0.05) is 29.1 Å². The van der Waals surface area contributed by atoms with Crippen molar-refractivity contribution in [3.8, 4) is 0 Å². The summed E-state index contributed by atoms with van der Waals surface area (Å²) in [4.78, 5) is 31.9. The number of nitrogens with zero attached hydrogens (tertiary/aromatic N) is 2. The van der Waals surface area contributed by atoms with Crippen molar-refractivity contribution in [2.75, 3.05) is 0 Å². The molecule has 1 amide bonds. The van der Waals surface area contributed by atoms with Crippen LogP contribution in [0.3, 0.4) is 0 Å². The van der Waals surface area contributed by atoms with Crippen molar-refractivity contribution in [3.63, 3.8) is 0 Å². The van der Waals surface area contributed by atoms with Crippen molar-refractivity contribution in [2.45, 2.75) is 51.5 Å². The predicted molar refractivity (Wildman–Crippen MR) is 102 cm³/mol. The zero-order chi connectivity index (χ0) is 19.8. The van der Waals surface area contributed by atoms with E-state index in [1.165, 1.54) is 6.20 Å². The summed E-state index contributed by atoms with van der Waals surface area (Å²) in [7, 11) is 0. The fourth-order valence-electron chi connectivity index (χ4n) is 4.01. The second kappa shape index (κ2) is 7.36. The van der Waals surface area contributed by atoms with Crippen LogP contribution in [-0.4, -0.2) is 39.0 Å². The van der Waals surface area contributed by atoms with Crippen LogP contribution in [0, 0.1) is 12.8 Å². The van der Waals surface area contributed by atoms with Gasteiger partial charge in [-0.1, -0.05) is 30.3 Å². The molecule has 1 saturated heterocycles. The largest absolute Gasteiger partial charge is 0.459 e. The second-order valence-electron chi connectivity index (χ2n) is 7.71. The molecule has 1 aliphatic carbocycles. The Kier molecular flexibility index (Phi) is 4.89. The lowest BCUT2D eigenvalue weighted by Gasteiger charge is -2.27. The number of carbonyl (C=O) groups excluding carboxylic acids is 2. The predicted octanol–water partition coefficient (Wildman–Crippen LogP) is 2.79. The molecule has 0 radical (unpaired) electrons. The summed E-state index contributed by atoms with van der Waals surface area (Å²) < 4.78 is 5.50. The van der Waals surface area contributed by atoms with Crippen LogP contribution in [0.5, 0.6) is 0 Å². The van der Waals surface area contributed by atoms with Crippen molar-refractivity contribution < 1.29 is 19.4 Å². The molecule has 2 unspecified atom stereocenters. The normalized spacial score (nSPS) is 23.8. The Hall–Kier alpha value is -2.73. The number of rotatable bonds is 5. The van der Waals surface area contributed by atoms with Crippen molar-refractivity contribution in [3.05, 3.63) is 65.0 Å². The molecule has 4 rings (SSSR count). The summed E-state index contributed by atoms with van der Waals surface area (Å²) >= 11 is 0. The first-order valence-corrected chi connectivity index (χ1v) is 9.63. The van der Waals surface area contributed by atoms with Crippen LogP contribution in [0.1, 0.15) is 53.0 Å². The highest BCUT2D eigenvalue weighted by molar-refractivity contribution is 5.99. The molecule has 2 fully saturated rings. The maximum Gasteiger partial charge on any atom is 0.329 e. The summed E-state index contributed by atoms with van der Waals surface area (Å²) in [6.45, 7) is 3.61. The molecule has 4 atom stereocenters. The van der Waals surface area contributed by atoms with Gasteiger partial charge in [-0.15, -0.1) is 0 Å². The van der Waals surface area contributed by atoms with E-state index in [4.69, 9.17) is 4.74 Å². The molecule has 1 aromatic carbocycles. The molecule has 1 N–H and O–H groups in total. The number of fused-ring (bicyclic) bond motifs is 1. The number of benzene rings is 1. The Morgan fingerprint density at radius 2 is 2.04 bits per heavy atom. The third-order valence-corrected chi connectivity index (χ3v) is 5.59. The van der Waals surface area contributed by atoms with E-state index in [1.54, 1.807) is 24.8 Å². The third-order valence-electron chi connectivity index (χ3n) is 5.59. The van der Waals surface area contributed by atoms with Gasteiger partial charge in [-0.3, -0.25) is 9.78 Å². The molecular formula is C22H24N2O4. The average Bonchev–Trinajstić information content (AvgIpc) is 3.35. The first kappa shape index (κ1) is 18.6. The smallest absolute Gasteiger partial charge is 0.329 e. The van der Waals surface area contributed by atoms with Crippen LogP contribution < -0.4 is 0 Å². The monoisotopic (exact) mass is 380 g/mol. The van der Waals surface area contributed by atoms with Crippen molar-refractivity contribution in [1.82, 2.24) is 9.88 Å². The SMILES string of the molecule is Cc1cc(C(=O)N2[C@@H](C(=O)OCc3ccccc3)CC3C[C@H]32)c(C(C)O)cn1. The minimum atomic E-state index is -0.812. The lowest BCUT2D eigenvalue weighted by molar-refractivity contribution is -0.150. The van der Waals surface area contributed by atoms with Gasteiger partial charge < -0.3 is 14.7 Å². The number of hydrogen-bond acceptors (Lipinski definition) is 5. The molecule has 1 saturated carbocycles. The standard InChI is InChI=1S/C22H24N2O4/c1-13-8-17(18(11-23-13)14(2)25)21(26)24-19-9-16(19)10-20(24)22(27)28-12-15-6-4-3-5-7-15/h3-8,11,14,16,19-20,25H,9-10,12H2,1-2H3/t14?,16?,19-,20-/m1/s1. The lowest BCUT2D eigenvalue weighted by Crippen LogP contribution is -2.44. The number of aromatic nitrogens is 1. The van der Waals surface area contributed by atoms with Gasteiger partial charge in [0.2, 0.25) is 0 Å². The fourth-order valence-corrected chi connectivity index (χ4v) is 4.01. The fraction of sp³-hybridized carbons (Fsp3) is 0.409. The number of amides is 1. The lowest BCUT2D eigenvalue weighted by atomic mass is 10.0. The van der Waals surface area contributed by atoms with Gasteiger partial charge in [0.1, 0.15) is 12.6 Å². The third kappa shape index (κ3) is 3.52. The number of aliphatic hydroxyl groups is 1. The number of esters is 1. The highest BCUT2D eigenvalue weighted by Crippen LogP contribution is 2.49. The molecule has 2 aliphatic rings. The second-order valence-corrected chi connectivity index (χ2v) is 7.71. The van der Waals surface area contributed by atoms with E-state index in [2.05, 4.69) is 4.98 Å². The van der Waals surface area contributed by atoms with E-state index in [-0.39, 0.29) is 24.5 Å². The van der Waals surface area contributed by atoms with Gasteiger partial charge in [0.05, 0.1) is 6.10 Å². The molecule has 6 nitrogen and oxygen atoms in total. The molecule has 28 heavy (non-hydrogen) atoms. The Morgan fingerprint density at radius 3 is 2.75 bits per heavy atom. The summed E-state index contributed by atoms with van der Waals surface area (Å²) in [5.74, 6) is -0.238. The number of piperidine rings is 1. The minimum absolute atomic E-state index is 0.0806. The maximum atomic E-state index is 13.3. The Labute approximate surface area is 164 Å². The van der Waals surface area contributed by atoms with Crippen molar-refractivity contribution in [1.29, 1.82) is 0 Å². The number of aliphatic hydroxyl groups excluding tert-OH is 1. The van der Waals surface area contributed by atoms with Gasteiger partial charge in [-0.05, 0) is 44.2 Å². The molecule has 2 heterocycles. The maximum absolute atomic E-state index is 13.3. The van der Waals surface area contributed by atoms with E-state index >= 15 is 0 Å². The van der Waals surface area contributed by atoms with Gasteiger partial charge in [0.15, 0.2) is 0 Å². The molecule has 0 bridgehead atoms. The Morgan fingerprint density at radius 1 is 1.29 bits per heavy atom. The number of aryl methyl sites for hydroxylation is 1. The molecule has 6 heteroatoms. The van der Waals surface area contributed by atoms with Crippen LogP contribution in [0.2, 0.25) is 0 Å². The topological polar surface area (TPSA) is 79.7 Å². The summed E-state index contributed by atoms with van der Waals surface area (Å²) in [5.41, 5.74) is 2.51. The number of hydrogen-bond donors (Lipinski definition) is 1. The van der Waals surface area contributed by atoms with E-state index < -0.39 is 12.1 Å². The molecular weight excluding hydrogens is 356 g/mol. The zero-order valence-corrected chi connectivity index (χ0v) is 16.0. The summed E-state index contributed by atoms with van der Waals surface area (Å²) in [5, 5.41) is 10.0. The Bertz CT molecular complexity index is 897. The van der Waals surface area contributed by atoms with Gasteiger partial charge in [-0.25, -0.2) is 4.79 Å². The summed E-state index contributed by atoms with van der Waals surface area (Å²) in [6, 6.07) is 10.7. The van der Waals surface area contributed by atoms with Crippen LogP contribution in [-0.2, 0) is 16.1 Å². The molecule has 2 aromatic rings. The van der Waals surface area contributed by atoms with E-state index in [0.29, 0.717) is 29.2 Å². The minimum Gasteiger partial charge on any atom is -0.459 e. The first-order chi connectivity index (χ1) is 13.5. The van der Waals surface area contributed by atoms with E-state index in [9.17, 15) is 14.7 Å².